The van der Waals surface area contributed by atoms with E-state index in [-0.39, 0.29) is 5.91 Å². The minimum Gasteiger partial charge on any atom is -0.365 e. The standard InChI is InChI=1S/C17H18BrN7OS/c1-24-17-12(20-23-24)6-13(27-17)16(26)25-7-9-2-3-11(10(9)8-25)19-15-5-4-14(18)21-22-15/h4-6,9-11H,2-3,7-8H2,1H3,(H,19,22)/t9-,10+,11+/m0/s1. The van der Waals surface area contributed by atoms with E-state index in [2.05, 4.69) is 41.8 Å². The molecule has 140 valence electrons. The fourth-order valence-electron chi connectivity index (χ4n) is 4.29. The largest absolute Gasteiger partial charge is 0.365 e. The van der Waals surface area contributed by atoms with Gasteiger partial charge in [-0.05, 0) is 52.9 Å². The number of nitrogens with zero attached hydrogens (tertiary/aromatic N) is 6. The zero-order chi connectivity index (χ0) is 18.5. The Kier molecular flexibility index (Phi) is 4.12. The van der Waals surface area contributed by atoms with Crippen molar-refractivity contribution in [2.24, 2.45) is 18.9 Å². The van der Waals surface area contributed by atoms with Gasteiger partial charge < -0.3 is 10.2 Å². The molecule has 4 heterocycles. The van der Waals surface area contributed by atoms with Gasteiger partial charge in [-0.15, -0.1) is 26.6 Å². The average molecular weight is 448 g/mol. The van der Waals surface area contributed by atoms with Crippen LogP contribution in [-0.2, 0) is 7.05 Å². The molecular weight excluding hydrogens is 430 g/mol. The first kappa shape index (κ1) is 17.1. The van der Waals surface area contributed by atoms with Gasteiger partial charge in [0.15, 0.2) is 0 Å². The number of rotatable bonds is 3. The molecule has 3 aromatic heterocycles. The Balaban J connectivity index is 1.29. The average Bonchev–Trinajstić information content (AvgIpc) is 3.40. The van der Waals surface area contributed by atoms with Gasteiger partial charge in [0, 0.05) is 32.1 Å². The molecule has 1 saturated carbocycles. The molecular formula is C17H18BrN7OS. The van der Waals surface area contributed by atoms with Crippen LogP contribution in [0.3, 0.4) is 0 Å². The van der Waals surface area contributed by atoms with Gasteiger partial charge in [0.05, 0.1) is 4.88 Å². The number of hydrogen-bond donors (Lipinski definition) is 1. The fourth-order valence-corrected chi connectivity index (χ4v) is 5.47. The normalized spacial score (nSPS) is 24.5. The van der Waals surface area contributed by atoms with Gasteiger partial charge in [-0.1, -0.05) is 5.21 Å². The molecule has 1 amide bonds. The first-order chi connectivity index (χ1) is 13.1. The number of thiophene rings is 1. The van der Waals surface area contributed by atoms with Crippen LogP contribution in [0.2, 0.25) is 0 Å². The summed E-state index contributed by atoms with van der Waals surface area (Å²) in [6, 6.07) is 6.00. The summed E-state index contributed by atoms with van der Waals surface area (Å²) in [7, 11) is 1.85. The molecule has 2 aliphatic rings. The number of hydrogen-bond acceptors (Lipinski definition) is 7. The SMILES string of the molecule is Cn1nnc2cc(C(=O)N3C[C@@H]4CC[C@@H](Nc5ccc(Br)nn5)[C@@H]4C3)sc21. The van der Waals surface area contributed by atoms with Crippen molar-refractivity contribution in [2.75, 3.05) is 18.4 Å². The maximum Gasteiger partial charge on any atom is 0.264 e. The number of halogens is 1. The maximum atomic E-state index is 13.0. The molecule has 8 nitrogen and oxygen atoms in total. The summed E-state index contributed by atoms with van der Waals surface area (Å²) in [4.78, 5) is 16.7. The Hall–Kier alpha value is -2.07. The van der Waals surface area contributed by atoms with Gasteiger partial charge >= 0.3 is 0 Å². The third kappa shape index (κ3) is 3.00. The number of amides is 1. The lowest BCUT2D eigenvalue weighted by Gasteiger charge is -2.21. The highest BCUT2D eigenvalue weighted by molar-refractivity contribution is 9.10. The number of nitrogens with one attached hydrogen (secondary N) is 1. The van der Waals surface area contributed by atoms with E-state index in [0.717, 1.165) is 51.6 Å². The Morgan fingerprint density at radius 3 is 2.93 bits per heavy atom. The Morgan fingerprint density at radius 1 is 1.26 bits per heavy atom. The van der Waals surface area contributed by atoms with E-state index in [1.165, 1.54) is 11.3 Å². The second kappa shape index (κ2) is 6.52. The van der Waals surface area contributed by atoms with Gasteiger partial charge in [-0.2, -0.15) is 0 Å². The minimum absolute atomic E-state index is 0.106. The minimum atomic E-state index is 0.106. The number of aromatic nitrogens is 5. The molecule has 2 fully saturated rings. The van der Waals surface area contributed by atoms with Gasteiger partial charge in [-0.3, -0.25) is 4.79 Å². The van der Waals surface area contributed by atoms with E-state index in [1.807, 2.05) is 30.1 Å². The molecule has 5 rings (SSSR count). The molecule has 0 aromatic carbocycles. The van der Waals surface area contributed by atoms with Crippen LogP contribution in [-0.4, -0.2) is 55.1 Å². The van der Waals surface area contributed by atoms with E-state index in [1.54, 1.807) is 4.68 Å². The Bertz CT molecular complexity index is 1000. The smallest absolute Gasteiger partial charge is 0.264 e. The summed E-state index contributed by atoms with van der Waals surface area (Å²) >= 11 is 4.78. The number of anilines is 1. The van der Waals surface area contributed by atoms with Gasteiger partial charge in [0.2, 0.25) is 0 Å². The summed E-state index contributed by atoms with van der Waals surface area (Å²) in [6.45, 7) is 1.61. The first-order valence-electron chi connectivity index (χ1n) is 8.93. The van der Waals surface area contributed by atoms with E-state index >= 15 is 0 Å². The lowest BCUT2D eigenvalue weighted by atomic mass is 9.98. The second-order valence-electron chi connectivity index (χ2n) is 7.22. The lowest BCUT2D eigenvalue weighted by molar-refractivity contribution is 0.0785. The third-order valence-electron chi connectivity index (χ3n) is 5.59. The van der Waals surface area contributed by atoms with Crippen molar-refractivity contribution >= 4 is 49.3 Å². The molecule has 3 atom stereocenters. The molecule has 1 aliphatic carbocycles. The van der Waals surface area contributed by atoms with Gasteiger partial charge in [-0.25, -0.2) is 4.68 Å². The summed E-state index contributed by atoms with van der Waals surface area (Å²) in [6.07, 6.45) is 2.24. The van der Waals surface area contributed by atoms with Crippen LogP contribution >= 0.6 is 27.3 Å². The van der Waals surface area contributed by atoms with Crippen LogP contribution in [0.4, 0.5) is 5.82 Å². The molecule has 0 radical (unpaired) electrons. The van der Waals surface area contributed by atoms with E-state index in [0.29, 0.717) is 17.9 Å². The molecule has 3 aromatic rings. The van der Waals surface area contributed by atoms with E-state index in [4.69, 9.17) is 0 Å². The van der Waals surface area contributed by atoms with E-state index in [9.17, 15) is 4.79 Å². The van der Waals surface area contributed by atoms with Gasteiger partial charge in [0.1, 0.15) is 20.8 Å². The zero-order valence-electron chi connectivity index (χ0n) is 14.7. The molecule has 1 aliphatic heterocycles. The summed E-state index contributed by atoms with van der Waals surface area (Å²) in [5.74, 6) is 1.89. The van der Waals surface area contributed by atoms with Crippen molar-refractivity contribution in [1.29, 1.82) is 0 Å². The van der Waals surface area contributed by atoms with Crippen LogP contribution in [0, 0.1) is 11.8 Å². The number of likely N-dealkylation sites (tertiary alicyclic amines) is 1. The Labute approximate surface area is 168 Å². The van der Waals surface area contributed by atoms with Crippen LogP contribution in [0.1, 0.15) is 22.5 Å². The van der Waals surface area contributed by atoms with Crippen LogP contribution < -0.4 is 5.32 Å². The second-order valence-corrected chi connectivity index (χ2v) is 9.06. The fraction of sp³-hybridized carbons (Fsp3) is 0.471. The monoisotopic (exact) mass is 447 g/mol. The topological polar surface area (TPSA) is 88.8 Å². The summed E-state index contributed by atoms with van der Waals surface area (Å²) in [5.41, 5.74) is 0.790. The van der Waals surface area contributed by atoms with Crippen molar-refractivity contribution in [3.8, 4) is 0 Å². The maximum absolute atomic E-state index is 13.0. The number of carbonyl (C=O) groups is 1. The van der Waals surface area contributed by atoms with Crippen LogP contribution in [0.15, 0.2) is 22.8 Å². The first-order valence-corrected chi connectivity index (χ1v) is 10.5. The quantitative estimate of drug-likeness (QED) is 0.663. The predicted octanol–water partition coefficient (Wildman–Crippen LogP) is 2.54. The molecule has 1 saturated heterocycles. The number of carbonyl (C=O) groups excluding carboxylic acids is 1. The van der Waals surface area contributed by atoms with Crippen molar-refractivity contribution in [3.05, 3.63) is 27.7 Å². The molecule has 27 heavy (non-hydrogen) atoms. The van der Waals surface area contributed by atoms with Crippen molar-refractivity contribution in [3.63, 3.8) is 0 Å². The lowest BCUT2D eigenvalue weighted by Crippen LogP contribution is -2.33. The summed E-state index contributed by atoms with van der Waals surface area (Å²) < 4.78 is 2.44. The Morgan fingerprint density at radius 2 is 2.15 bits per heavy atom. The van der Waals surface area contributed by atoms with Gasteiger partial charge in [0.25, 0.3) is 5.91 Å². The van der Waals surface area contributed by atoms with Crippen LogP contribution in [0.5, 0.6) is 0 Å². The molecule has 0 spiro atoms. The van der Waals surface area contributed by atoms with E-state index < -0.39 is 0 Å². The zero-order valence-corrected chi connectivity index (χ0v) is 17.1. The molecule has 0 unspecified atom stereocenters. The summed E-state index contributed by atoms with van der Waals surface area (Å²) in [5, 5.41) is 19.8. The van der Waals surface area contributed by atoms with Crippen molar-refractivity contribution < 1.29 is 4.79 Å². The number of fused-ring (bicyclic) bond motifs is 2. The van der Waals surface area contributed by atoms with Crippen LogP contribution in [0.25, 0.3) is 10.3 Å². The molecule has 10 heteroatoms. The molecule has 1 N–H and O–H groups in total. The third-order valence-corrected chi connectivity index (χ3v) is 7.20. The highest BCUT2D eigenvalue weighted by Crippen LogP contribution is 2.40. The highest BCUT2D eigenvalue weighted by Gasteiger charge is 2.44. The van der Waals surface area contributed by atoms with Crippen molar-refractivity contribution in [1.82, 2.24) is 30.1 Å². The predicted molar refractivity (Wildman–Crippen MR) is 106 cm³/mol. The van der Waals surface area contributed by atoms with Crippen molar-refractivity contribution in [2.45, 2.75) is 18.9 Å². The number of aryl methyl sites for hydroxylation is 1. The highest BCUT2D eigenvalue weighted by atomic mass is 79.9. The molecule has 0 bridgehead atoms.